The number of carbonyl (C=O) groups excluding carboxylic acids is 1. The molecule has 0 radical (unpaired) electrons. The highest BCUT2D eigenvalue weighted by Gasteiger charge is 2.23. The van der Waals surface area contributed by atoms with E-state index in [4.69, 9.17) is 0 Å². The standard InChI is InChI=1S/C18H23N5O/c1-4-7-12-10-15(23-22-12)18(24)21-16(11(2)3)17-19-13-8-5-6-9-14(13)20-17/h5-6,8-11,16H,4,7H2,1-3H3,(H,19,20)(H,21,24)(H,22,23). The van der Waals surface area contributed by atoms with Crippen LogP contribution in [0.4, 0.5) is 0 Å². The van der Waals surface area contributed by atoms with Crippen LogP contribution in [0.1, 0.15) is 55.2 Å². The summed E-state index contributed by atoms with van der Waals surface area (Å²) < 4.78 is 0. The van der Waals surface area contributed by atoms with Gasteiger partial charge in [0.1, 0.15) is 11.5 Å². The number of benzene rings is 1. The number of aryl methyl sites for hydroxylation is 1. The van der Waals surface area contributed by atoms with E-state index in [-0.39, 0.29) is 17.9 Å². The Morgan fingerprint density at radius 1 is 1.29 bits per heavy atom. The first kappa shape index (κ1) is 16.2. The Morgan fingerprint density at radius 3 is 2.79 bits per heavy atom. The van der Waals surface area contributed by atoms with Crippen LogP contribution in [-0.2, 0) is 6.42 Å². The second-order valence-electron chi connectivity index (χ2n) is 6.36. The summed E-state index contributed by atoms with van der Waals surface area (Å²) in [4.78, 5) is 20.5. The summed E-state index contributed by atoms with van der Waals surface area (Å²) in [6, 6.07) is 9.48. The molecule has 1 atom stereocenters. The summed E-state index contributed by atoms with van der Waals surface area (Å²) in [6.07, 6.45) is 1.86. The Labute approximate surface area is 141 Å². The molecule has 0 saturated heterocycles. The van der Waals surface area contributed by atoms with E-state index in [1.165, 1.54) is 0 Å². The van der Waals surface area contributed by atoms with Gasteiger partial charge in [0.25, 0.3) is 5.91 Å². The lowest BCUT2D eigenvalue weighted by Crippen LogP contribution is -2.32. The maximum atomic E-state index is 12.5. The van der Waals surface area contributed by atoms with Gasteiger partial charge in [0, 0.05) is 0 Å². The minimum atomic E-state index is -0.192. The zero-order valence-electron chi connectivity index (χ0n) is 14.3. The topological polar surface area (TPSA) is 86.5 Å². The molecule has 2 aromatic heterocycles. The number of rotatable bonds is 6. The largest absolute Gasteiger partial charge is 0.341 e. The fraction of sp³-hybridized carbons (Fsp3) is 0.389. The van der Waals surface area contributed by atoms with Crippen LogP contribution in [0.5, 0.6) is 0 Å². The smallest absolute Gasteiger partial charge is 0.269 e. The SMILES string of the molecule is CCCc1cc(C(=O)NC(c2nc3ccccc3[nH]2)C(C)C)[nH]n1. The monoisotopic (exact) mass is 325 g/mol. The summed E-state index contributed by atoms with van der Waals surface area (Å²) in [7, 11) is 0. The maximum Gasteiger partial charge on any atom is 0.269 e. The zero-order chi connectivity index (χ0) is 17.1. The second kappa shape index (κ2) is 6.86. The molecule has 0 aliphatic heterocycles. The molecular weight excluding hydrogens is 302 g/mol. The molecular formula is C18H23N5O. The van der Waals surface area contributed by atoms with Gasteiger partial charge in [-0.3, -0.25) is 9.89 Å². The Hall–Kier alpha value is -2.63. The van der Waals surface area contributed by atoms with Crippen LogP contribution in [0, 0.1) is 5.92 Å². The van der Waals surface area contributed by atoms with E-state index < -0.39 is 0 Å². The predicted octanol–water partition coefficient (Wildman–Crippen LogP) is 3.37. The lowest BCUT2D eigenvalue weighted by molar-refractivity contribution is 0.0918. The molecule has 0 aliphatic carbocycles. The van der Waals surface area contributed by atoms with E-state index in [9.17, 15) is 4.79 Å². The van der Waals surface area contributed by atoms with Gasteiger partial charge in [0.05, 0.1) is 22.8 Å². The van der Waals surface area contributed by atoms with E-state index in [0.29, 0.717) is 5.69 Å². The van der Waals surface area contributed by atoms with Crippen molar-refractivity contribution in [2.75, 3.05) is 0 Å². The van der Waals surface area contributed by atoms with Crippen molar-refractivity contribution in [1.82, 2.24) is 25.5 Å². The molecule has 3 rings (SSSR count). The molecule has 0 aliphatic rings. The van der Waals surface area contributed by atoms with Crippen molar-refractivity contribution in [2.45, 2.75) is 39.7 Å². The molecule has 6 heteroatoms. The first-order valence-corrected chi connectivity index (χ1v) is 8.38. The van der Waals surface area contributed by atoms with Gasteiger partial charge in [0.15, 0.2) is 0 Å². The van der Waals surface area contributed by atoms with Crippen LogP contribution in [0.15, 0.2) is 30.3 Å². The van der Waals surface area contributed by atoms with Crippen molar-refractivity contribution in [3.05, 3.63) is 47.5 Å². The number of hydrogen-bond acceptors (Lipinski definition) is 3. The summed E-state index contributed by atoms with van der Waals surface area (Å²) in [5, 5.41) is 10.1. The van der Waals surface area contributed by atoms with Crippen molar-refractivity contribution >= 4 is 16.9 Å². The van der Waals surface area contributed by atoms with Crippen LogP contribution in [-0.4, -0.2) is 26.1 Å². The van der Waals surface area contributed by atoms with Gasteiger partial charge >= 0.3 is 0 Å². The van der Waals surface area contributed by atoms with Gasteiger partial charge in [-0.2, -0.15) is 5.10 Å². The number of aromatic nitrogens is 4. The third kappa shape index (κ3) is 3.32. The quantitative estimate of drug-likeness (QED) is 0.649. The minimum Gasteiger partial charge on any atom is -0.341 e. The molecule has 0 bridgehead atoms. The summed E-state index contributed by atoms with van der Waals surface area (Å²) in [5.41, 5.74) is 3.27. The van der Waals surface area contributed by atoms with E-state index in [1.54, 1.807) is 0 Å². The number of carbonyl (C=O) groups is 1. The Balaban J connectivity index is 1.81. The summed E-state index contributed by atoms with van der Waals surface area (Å²) in [5.74, 6) is 0.810. The van der Waals surface area contributed by atoms with Gasteiger partial charge in [-0.05, 0) is 30.5 Å². The Bertz CT molecular complexity index is 800. The highest BCUT2D eigenvalue weighted by molar-refractivity contribution is 5.92. The van der Waals surface area contributed by atoms with E-state index in [2.05, 4.69) is 46.3 Å². The molecule has 1 aromatic carbocycles. The lowest BCUT2D eigenvalue weighted by atomic mass is 10.0. The molecule has 0 saturated carbocycles. The molecule has 24 heavy (non-hydrogen) atoms. The van der Waals surface area contributed by atoms with Gasteiger partial charge in [-0.1, -0.05) is 39.3 Å². The number of nitrogens with one attached hydrogen (secondary N) is 3. The lowest BCUT2D eigenvalue weighted by Gasteiger charge is -2.19. The van der Waals surface area contributed by atoms with Crippen molar-refractivity contribution in [1.29, 1.82) is 0 Å². The molecule has 126 valence electrons. The van der Waals surface area contributed by atoms with Crippen LogP contribution in [0.25, 0.3) is 11.0 Å². The third-order valence-electron chi connectivity index (χ3n) is 4.04. The second-order valence-corrected chi connectivity index (χ2v) is 6.36. The fourth-order valence-corrected chi connectivity index (χ4v) is 2.75. The Kier molecular flexibility index (Phi) is 4.64. The minimum absolute atomic E-state index is 0.163. The van der Waals surface area contributed by atoms with E-state index in [1.807, 2.05) is 30.3 Å². The normalized spacial score (nSPS) is 12.7. The number of hydrogen-bond donors (Lipinski definition) is 3. The van der Waals surface area contributed by atoms with Gasteiger partial charge < -0.3 is 10.3 Å². The van der Waals surface area contributed by atoms with Crippen molar-refractivity contribution in [3.8, 4) is 0 Å². The zero-order valence-corrected chi connectivity index (χ0v) is 14.3. The summed E-state index contributed by atoms with van der Waals surface area (Å²) in [6.45, 7) is 6.21. The fourth-order valence-electron chi connectivity index (χ4n) is 2.75. The van der Waals surface area contributed by atoms with Gasteiger partial charge in [0.2, 0.25) is 0 Å². The van der Waals surface area contributed by atoms with E-state index in [0.717, 1.165) is 35.4 Å². The van der Waals surface area contributed by atoms with Crippen molar-refractivity contribution in [2.24, 2.45) is 5.92 Å². The van der Waals surface area contributed by atoms with Gasteiger partial charge in [-0.25, -0.2) is 4.98 Å². The molecule has 2 heterocycles. The highest BCUT2D eigenvalue weighted by atomic mass is 16.2. The summed E-state index contributed by atoms with van der Waals surface area (Å²) >= 11 is 0. The van der Waals surface area contributed by atoms with Crippen LogP contribution >= 0.6 is 0 Å². The van der Waals surface area contributed by atoms with Crippen LogP contribution < -0.4 is 5.32 Å². The molecule has 3 aromatic rings. The number of fused-ring (bicyclic) bond motifs is 1. The number of H-pyrrole nitrogens is 2. The number of para-hydroxylation sites is 2. The van der Waals surface area contributed by atoms with Crippen LogP contribution in [0.2, 0.25) is 0 Å². The molecule has 1 amide bonds. The molecule has 3 N–H and O–H groups in total. The number of amides is 1. The van der Waals surface area contributed by atoms with Crippen LogP contribution in [0.3, 0.4) is 0 Å². The maximum absolute atomic E-state index is 12.5. The first-order chi connectivity index (χ1) is 11.6. The third-order valence-corrected chi connectivity index (χ3v) is 4.04. The number of aromatic amines is 2. The van der Waals surface area contributed by atoms with Gasteiger partial charge in [-0.15, -0.1) is 0 Å². The average molecular weight is 325 g/mol. The predicted molar refractivity (Wildman–Crippen MR) is 93.7 cm³/mol. The van der Waals surface area contributed by atoms with Crippen molar-refractivity contribution in [3.63, 3.8) is 0 Å². The molecule has 0 spiro atoms. The van der Waals surface area contributed by atoms with Crippen molar-refractivity contribution < 1.29 is 4.79 Å². The Morgan fingerprint density at radius 2 is 2.08 bits per heavy atom. The number of nitrogens with zero attached hydrogens (tertiary/aromatic N) is 2. The van der Waals surface area contributed by atoms with E-state index >= 15 is 0 Å². The number of imidazole rings is 1. The average Bonchev–Trinajstić information content (AvgIpc) is 3.18. The highest BCUT2D eigenvalue weighted by Crippen LogP contribution is 2.22. The molecule has 1 unspecified atom stereocenters. The molecule has 6 nitrogen and oxygen atoms in total. The first-order valence-electron chi connectivity index (χ1n) is 8.38. The molecule has 0 fully saturated rings.